The number of hydrogen-bond donors (Lipinski definition) is 2. The Labute approximate surface area is 106 Å². The molecular formula is C12H16N4O2. The number of nitriles is 1. The normalized spacial score (nSPS) is 9.67. The van der Waals surface area contributed by atoms with E-state index in [-0.39, 0.29) is 16.8 Å². The Balaban J connectivity index is 3.36. The van der Waals surface area contributed by atoms with Crippen LogP contribution >= 0.6 is 0 Å². The number of carbonyl (C=O) groups is 1. The number of anilines is 2. The summed E-state index contributed by atoms with van der Waals surface area (Å²) in [5.41, 5.74) is 6.71. The summed E-state index contributed by atoms with van der Waals surface area (Å²) in [6.07, 6.45) is 0.893. The number of aromatic nitrogens is 1. The lowest BCUT2D eigenvalue weighted by Crippen LogP contribution is -2.14. The van der Waals surface area contributed by atoms with Crippen molar-refractivity contribution in [1.82, 2.24) is 4.98 Å². The summed E-state index contributed by atoms with van der Waals surface area (Å²) in [5, 5.41) is 12.1. The van der Waals surface area contributed by atoms with Gasteiger partial charge in [0.05, 0.1) is 18.5 Å². The Morgan fingerprint density at radius 3 is 2.78 bits per heavy atom. The number of hydrogen-bond acceptors (Lipinski definition) is 6. The molecule has 1 rings (SSSR count). The SMILES string of the molecule is CCCNc1nc(C)c(C(=O)OC)c(N)c1C#N. The first-order valence-electron chi connectivity index (χ1n) is 5.59. The lowest BCUT2D eigenvalue weighted by molar-refractivity contribution is 0.0600. The Kier molecular flexibility index (Phi) is 4.49. The monoisotopic (exact) mass is 248 g/mol. The number of carbonyl (C=O) groups excluding carboxylic acids is 1. The molecule has 6 heteroatoms. The van der Waals surface area contributed by atoms with Gasteiger partial charge in [0.1, 0.15) is 23.0 Å². The minimum atomic E-state index is -0.587. The minimum Gasteiger partial charge on any atom is -0.465 e. The topological polar surface area (TPSA) is 101 Å². The highest BCUT2D eigenvalue weighted by atomic mass is 16.5. The maximum Gasteiger partial charge on any atom is 0.341 e. The van der Waals surface area contributed by atoms with Gasteiger partial charge in [0.25, 0.3) is 0 Å². The molecule has 3 N–H and O–H groups in total. The zero-order valence-corrected chi connectivity index (χ0v) is 10.7. The molecule has 6 nitrogen and oxygen atoms in total. The van der Waals surface area contributed by atoms with Crippen LogP contribution in [0.3, 0.4) is 0 Å². The summed E-state index contributed by atoms with van der Waals surface area (Å²) in [5.74, 6) is -0.182. The quantitative estimate of drug-likeness (QED) is 0.782. The number of pyridine rings is 1. The molecule has 0 aliphatic rings. The molecule has 18 heavy (non-hydrogen) atoms. The summed E-state index contributed by atoms with van der Waals surface area (Å²) in [6, 6.07) is 1.96. The molecule has 0 aromatic carbocycles. The fourth-order valence-electron chi connectivity index (χ4n) is 1.57. The second-order valence-electron chi connectivity index (χ2n) is 3.74. The van der Waals surface area contributed by atoms with Crippen LogP contribution in [0.4, 0.5) is 11.5 Å². The van der Waals surface area contributed by atoms with E-state index < -0.39 is 5.97 Å². The summed E-state index contributed by atoms with van der Waals surface area (Å²) in [6.45, 7) is 4.33. The van der Waals surface area contributed by atoms with E-state index in [9.17, 15) is 4.79 Å². The lowest BCUT2D eigenvalue weighted by atomic mass is 10.1. The summed E-state index contributed by atoms with van der Waals surface area (Å²) >= 11 is 0. The van der Waals surface area contributed by atoms with Gasteiger partial charge in [-0.1, -0.05) is 6.92 Å². The number of rotatable bonds is 4. The van der Waals surface area contributed by atoms with Gasteiger partial charge in [-0.25, -0.2) is 9.78 Å². The van der Waals surface area contributed by atoms with Crippen LogP contribution in [0, 0.1) is 18.3 Å². The third-order valence-electron chi connectivity index (χ3n) is 2.46. The second kappa shape index (κ2) is 5.87. The molecule has 0 amide bonds. The van der Waals surface area contributed by atoms with Crippen LogP contribution in [0.2, 0.25) is 0 Å². The maximum absolute atomic E-state index is 11.6. The van der Waals surface area contributed by atoms with E-state index in [2.05, 4.69) is 15.0 Å². The van der Waals surface area contributed by atoms with E-state index in [1.165, 1.54) is 7.11 Å². The lowest BCUT2D eigenvalue weighted by Gasteiger charge is -2.13. The Morgan fingerprint density at radius 2 is 2.28 bits per heavy atom. The van der Waals surface area contributed by atoms with Crippen LogP contribution in [0.25, 0.3) is 0 Å². The van der Waals surface area contributed by atoms with Crippen molar-refractivity contribution in [2.45, 2.75) is 20.3 Å². The van der Waals surface area contributed by atoms with Gasteiger partial charge in [0.2, 0.25) is 0 Å². The zero-order chi connectivity index (χ0) is 13.7. The summed E-state index contributed by atoms with van der Waals surface area (Å²) in [4.78, 5) is 15.8. The molecule has 0 fully saturated rings. The van der Waals surface area contributed by atoms with Crippen LogP contribution in [0.5, 0.6) is 0 Å². The predicted molar refractivity (Wildman–Crippen MR) is 68.2 cm³/mol. The Hall–Kier alpha value is -2.29. The van der Waals surface area contributed by atoms with E-state index in [4.69, 9.17) is 11.0 Å². The third-order valence-corrected chi connectivity index (χ3v) is 2.46. The Morgan fingerprint density at radius 1 is 1.61 bits per heavy atom. The molecule has 0 atom stereocenters. The highest BCUT2D eigenvalue weighted by molar-refractivity contribution is 5.98. The molecule has 96 valence electrons. The van der Waals surface area contributed by atoms with Crippen LogP contribution < -0.4 is 11.1 Å². The van der Waals surface area contributed by atoms with Crippen molar-refractivity contribution in [3.63, 3.8) is 0 Å². The molecule has 1 heterocycles. The average molecular weight is 248 g/mol. The number of nitrogens with one attached hydrogen (secondary N) is 1. The molecule has 0 saturated carbocycles. The molecular weight excluding hydrogens is 232 g/mol. The van der Waals surface area contributed by atoms with Gasteiger partial charge in [0, 0.05) is 6.54 Å². The van der Waals surface area contributed by atoms with Gasteiger partial charge in [-0.2, -0.15) is 5.26 Å². The molecule has 1 aromatic heterocycles. The third kappa shape index (κ3) is 2.51. The number of aryl methyl sites for hydroxylation is 1. The molecule has 0 saturated heterocycles. The van der Waals surface area contributed by atoms with Crippen molar-refractivity contribution in [3.8, 4) is 6.07 Å². The van der Waals surface area contributed by atoms with Crippen molar-refractivity contribution < 1.29 is 9.53 Å². The number of nitrogens with two attached hydrogens (primary N) is 1. The maximum atomic E-state index is 11.6. The van der Waals surface area contributed by atoms with Crippen molar-refractivity contribution >= 4 is 17.5 Å². The predicted octanol–water partition coefficient (Wildman–Crippen LogP) is 1.45. The van der Waals surface area contributed by atoms with Crippen LogP contribution in [-0.4, -0.2) is 24.6 Å². The molecule has 0 bridgehead atoms. The van der Waals surface area contributed by atoms with E-state index in [0.29, 0.717) is 18.1 Å². The van der Waals surface area contributed by atoms with Gasteiger partial charge in [-0.3, -0.25) is 0 Å². The van der Waals surface area contributed by atoms with Gasteiger partial charge < -0.3 is 15.8 Å². The first kappa shape index (κ1) is 13.8. The number of ether oxygens (including phenoxy) is 1. The minimum absolute atomic E-state index is 0.107. The highest BCUT2D eigenvalue weighted by Gasteiger charge is 2.21. The van der Waals surface area contributed by atoms with E-state index >= 15 is 0 Å². The highest BCUT2D eigenvalue weighted by Crippen LogP contribution is 2.26. The average Bonchev–Trinajstić information content (AvgIpc) is 2.35. The second-order valence-corrected chi connectivity index (χ2v) is 3.74. The van der Waals surface area contributed by atoms with Crippen molar-refractivity contribution in [2.75, 3.05) is 24.7 Å². The summed E-state index contributed by atoms with van der Waals surface area (Å²) < 4.78 is 4.63. The van der Waals surface area contributed by atoms with Crippen molar-refractivity contribution in [3.05, 3.63) is 16.8 Å². The smallest absolute Gasteiger partial charge is 0.341 e. The number of nitrogens with zero attached hydrogens (tertiary/aromatic N) is 2. The Bertz CT molecular complexity index is 506. The molecule has 0 radical (unpaired) electrons. The van der Waals surface area contributed by atoms with E-state index in [1.807, 2.05) is 13.0 Å². The van der Waals surface area contributed by atoms with Crippen LogP contribution in [0.1, 0.15) is 35.0 Å². The largest absolute Gasteiger partial charge is 0.465 e. The molecule has 0 unspecified atom stereocenters. The van der Waals surface area contributed by atoms with E-state index in [0.717, 1.165) is 6.42 Å². The fraction of sp³-hybridized carbons (Fsp3) is 0.417. The standard InChI is InChI=1S/C12H16N4O2/c1-4-5-15-11-8(6-13)10(14)9(7(2)16-11)12(17)18-3/h4-5H2,1-3H3,(H3,14,15,16). The van der Waals surface area contributed by atoms with Crippen molar-refractivity contribution in [1.29, 1.82) is 5.26 Å². The van der Waals surface area contributed by atoms with Crippen LogP contribution in [-0.2, 0) is 4.74 Å². The molecule has 0 aliphatic carbocycles. The van der Waals surface area contributed by atoms with Gasteiger partial charge in [-0.05, 0) is 13.3 Å². The van der Waals surface area contributed by atoms with Gasteiger partial charge in [0.15, 0.2) is 0 Å². The first-order chi connectivity index (χ1) is 8.56. The summed E-state index contributed by atoms with van der Waals surface area (Å²) in [7, 11) is 1.26. The molecule has 0 aliphatic heterocycles. The fourth-order valence-corrected chi connectivity index (χ4v) is 1.57. The van der Waals surface area contributed by atoms with Gasteiger partial charge in [-0.15, -0.1) is 0 Å². The van der Waals surface area contributed by atoms with Gasteiger partial charge >= 0.3 is 5.97 Å². The number of esters is 1. The number of nitrogen functional groups attached to an aromatic ring is 1. The molecule has 0 spiro atoms. The van der Waals surface area contributed by atoms with Crippen molar-refractivity contribution in [2.24, 2.45) is 0 Å². The zero-order valence-electron chi connectivity index (χ0n) is 10.7. The number of methoxy groups -OCH3 is 1. The first-order valence-corrected chi connectivity index (χ1v) is 5.59. The van der Waals surface area contributed by atoms with Crippen LogP contribution in [0.15, 0.2) is 0 Å². The van der Waals surface area contributed by atoms with E-state index in [1.54, 1.807) is 6.92 Å². The molecule has 1 aromatic rings.